The summed E-state index contributed by atoms with van der Waals surface area (Å²) in [5.41, 5.74) is 2.28. The van der Waals surface area contributed by atoms with Crippen LogP contribution in [0.5, 0.6) is 5.75 Å². The highest BCUT2D eigenvalue weighted by Crippen LogP contribution is 2.17. The molecule has 0 radical (unpaired) electrons. The summed E-state index contributed by atoms with van der Waals surface area (Å²) < 4.78 is 17.3. The molecule has 0 fully saturated rings. The van der Waals surface area contributed by atoms with E-state index in [1.807, 2.05) is 26.0 Å². The van der Waals surface area contributed by atoms with Gasteiger partial charge in [-0.2, -0.15) is 0 Å². The van der Waals surface area contributed by atoms with Gasteiger partial charge in [0.05, 0.1) is 13.3 Å². The summed E-state index contributed by atoms with van der Waals surface area (Å²) in [4.78, 5) is 3.90. The Morgan fingerprint density at radius 1 is 0.905 bits per heavy atom. The zero-order valence-corrected chi connectivity index (χ0v) is 13.4. The highest BCUT2D eigenvalue weighted by atomic mass is 19.1. The molecular formula is C18H24FNO. The van der Waals surface area contributed by atoms with Crippen molar-refractivity contribution in [3.63, 3.8) is 0 Å². The molecule has 1 aromatic heterocycles. The first-order chi connectivity index (χ1) is 9.93. The minimum absolute atomic E-state index is 0.274. The molecule has 2 nitrogen and oxygen atoms in total. The van der Waals surface area contributed by atoms with Crippen LogP contribution in [-0.4, -0.2) is 12.1 Å². The molecule has 2 rings (SSSR count). The summed E-state index contributed by atoms with van der Waals surface area (Å²) in [6, 6.07) is 11.3. The molecule has 0 saturated carbocycles. The number of methoxy groups -OCH3 is 1. The van der Waals surface area contributed by atoms with Crippen LogP contribution in [0.4, 0.5) is 4.39 Å². The lowest BCUT2D eigenvalue weighted by Gasteiger charge is -2.05. The normalized spacial score (nSPS) is 10.3. The van der Waals surface area contributed by atoms with Crippen LogP contribution >= 0.6 is 0 Å². The van der Waals surface area contributed by atoms with Crippen molar-refractivity contribution in [2.75, 3.05) is 7.11 Å². The number of benzene rings is 1. The van der Waals surface area contributed by atoms with Gasteiger partial charge in [0, 0.05) is 5.69 Å². The lowest BCUT2D eigenvalue weighted by Crippen LogP contribution is -1.91. The van der Waals surface area contributed by atoms with Crippen molar-refractivity contribution in [1.29, 1.82) is 0 Å². The Hall–Kier alpha value is -1.90. The molecule has 0 bridgehead atoms. The third kappa shape index (κ3) is 5.94. The number of hydrogen-bond acceptors (Lipinski definition) is 2. The van der Waals surface area contributed by atoms with Gasteiger partial charge in [0.2, 0.25) is 0 Å². The molecule has 0 spiro atoms. The summed E-state index contributed by atoms with van der Waals surface area (Å²) in [5, 5.41) is 0. The number of halogens is 1. The molecule has 0 aliphatic carbocycles. The molecule has 1 heterocycles. The van der Waals surface area contributed by atoms with E-state index in [0.717, 1.165) is 11.4 Å². The molecule has 0 amide bonds. The van der Waals surface area contributed by atoms with Crippen LogP contribution in [0.25, 0.3) is 0 Å². The maximum absolute atomic E-state index is 12.3. The van der Waals surface area contributed by atoms with Crippen molar-refractivity contribution in [3.05, 3.63) is 59.7 Å². The second-order valence-corrected chi connectivity index (χ2v) is 5.48. The first-order valence-corrected chi connectivity index (χ1v) is 7.19. The zero-order valence-electron chi connectivity index (χ0n) is 13.4. The number of pyridine rings is 1. The third-order valence-corrected chi connectivity index (χ3v) is 3.12. The molecule has 3 heteroatoms. The summed E-state index contributed by atoms with van der Waals surface area (Å²) in [6.45, 7) is 8.42. The topological polar surface area (TPSA) is 22.1 Å². The number of hydrogen-bond donors (Lipinski definition) is 0. The van der Waals surface area contributed by atoms with E-state index in [1.165, 1.54) is 17.8 Å². The van der Waals surface area contributed by atoms with Crippen molar-refractivity contribution in [2.45, 2.75) is 39.5 Å². The fraction of sp³-hybridized carbons (Fsp3) is 0.389. The Kier molecular flexibility index (Phi) is 6.86. The van der Waals surface area contributed by atoms with Gasteiger partial charge in [-0.25, -0.2) is 4.39 Å². The first-order valence-electron chi connectivity index (χ1n) is 7.19. The summed E-state index contributed by atoms with van der Waals surface area (Å²) in [7, 11) is 1.68. The van der Waals surface area contributed by atoms with Crippen LogP contribution in [0.3, 0.4) is 0 Å². The average molecular weight is 289 g/mol. The molecule has 2 aromatic rings. The number of aromatic nitrogens is 1. The monoisotopic (exact) mass is 289 g/mol. The van der Waals surface area contributed by atoms with Gasteiger partial charge < -0.3 is 4.74 Å². The van der Waals surface area contributed by atoms with E-state index >= 15 is 0 Å². The fourth-order valence-corrected chi connectivity index (χ4v) is 1.72. The van der Waals surface area contributed by atoms with Crippen molar-refractivity contribution >= 4 is 0 Å². The van der Waals surface area contributed by atoms with Crippen LogP contribution < -0.4 is 4.74 Å². The van der Waals surface area contributed by atoms with Crippen LogP contribution in [0.15, 0.2) is 42.6 Å². The summed E-state index contributed by atoms with van der Waals surface area (Å²) in [5.74, 6) is 1.63. The molecule has 114 valence electrons. The number of ether oxygens (including phenoxy) is 1. The van der Waals surface area contributed by atoms with Crippen molar-refractivity contribution in [1.82, 2.24) is 4.98 Å². The predicted molar refractivity (Wildman–Crippen MR) is 85.4 cm³/mol. The Balaban J connectivity index is 0.000000211. The van der Waals surface area contributed by atoms with Gasteiger partial charge >= 0.3 is 0 Å². The van der Waals surface area contributed by atoms with Crippen molar-refractivity contribution in [3.8, 4) is 5.75 Å². The lowest BCUT2D eigenvalue weighted by molar-refractivity contribution is 0.414. The van der Waals surface area contributed by atoms with Crippen LogP contribution in [0.1, 0.15) is 50.8 Å². The molecule has 0 aliphatic rings. The van der Waals surface area contributed by atoms with Crippen LogP contribution in [0.2, 0.25) is 0 Å². The summed E-state index contributed by atoms with van der Waals surface area (Å²) in [6.07, 6.45) is 1.25. The van der Waals surface area contributed by atoms with E-state index in [-0.39, 0.29) is 5.82 Å². The molecule has 1 aromatic carbocycles. The maximum atomic E-state index is 12.3. The van der Waals surface area contributed by atoms with Gasteiger partial charge in [0.25, 0.3) is 0 Å². The minimum atomic E-state index is -0.274. The fourth-order valence-electron chi connectivity index (χ4n) is 1.72. The third-order valence-electron chi connectivity index (χ3n) is 3.12. The lowest BCUT2D eigenvalue weighted by atomic mass is 10.0. The molecule has 21 heavy (non-hydrogen) atoms. The molecule has 0 unspecified atom stereocenters. The second-order valence-electron chi connectivity index (χ2n) is 5.48. The van der Waals surface area contributed by atoms with Gasteiger partial charge in [-0.15, -0.1) is 0 Å². The Bertz CT molecular complexity index is 518. The minimum Gasteiger partial charge on any atom is -0.497 e. The first kappa shape index (κ1) is 17.2. The van der Waals surface area contributed by atoms with E-state index in [0.29, 0.717) is 11.8 Å². The highest BCUT2D eigenvalue weighted by molar-refractivity contribution is 5.28. The van der Waals surface area contributed by atoms with E-state index < -0.39 is 0 Å². The SMILES string of the molecule is CC(C)c1ccc(F)cn1.COc1ccc(C(C)C)cc1. The smallest absolute Gasteiger partial charge is 0.141 e. The average Bonchev–Trinajstić information content (AvgIpc) is 2.48. The molecule has 0 aliphatic heterocycles. The maximum Gasteiger partial charge on any atom is 0.141 e. The van der Waals surface area contributed by atoms with E-state index in [1.54, 1.807) is 13.2 Å². The van der Waals surface area contributed by atoms with E-state index in [9.17, 15) is 4.39 Å². The van der Waals surface area contributed by atoms with Crippen LogP contribution in [0, 0.1) is 5.82 Å². The van der Waals surface area contributed by atoms with Crippen molar-refractivity contribution < 1.29 is 9.13 Å². The molecule has 0 N–H and O–H groups in total. The zero-order chi connectivity index (χ0) is 15.8. The standard InChI is InChI=1S/C10H14O.C8H10FN/c1-8(2)9-4-6-10(11-3)7-5-9;1-6(2)8-4-3-7(9)5-10-8/h4-8H,1-3H3;3-6H,1-2H3. The van der Waals surface area contributed by atoms with Crippen LogP contribution in [-0.2, 0) is 0 Å². The Morgan fingerprint density at radius 3 is 1.90 bits per heavy atom. The van der Waals surface area contributed by atoms with Gasteiger partial charge in [-0.3, -0.25) is 4.98 Å². The Labute approximate surface area is 127 Å². The largest absolute Gasteiger partial charge is 0.497 e. The van der Waals surface area contributed by atoms with Crippen molar-refractivity contribution in [2.24, 2.45) is 0 Å². The van der Waals surface area contributed by atoms with Gasteiger partial charge in [-0.05, 0) is 41.7 Å². The molecule has 0 saturated heterocycles. The van der Waals surface area contributed by atoms with Gasteiger partial charge in [-0.1, -0.05) is 39.8 Å². The molecular weight excluding hydrogens is 265 g/mol. The number of rotatable bonds is 3. The second kappa shape index (κ2) is 8.40. The van der Waals surface area contributed by atoms with Gasteiger partial charge in [0.15, 0.2) is 0 Å². The predicted octanol–water partition coefficient (Wildman–Crippen LogP) is 5.16. The van der Waals surface area contributed by atoms with E-state index in [2.05, 4.69) is 31.0 Å². The summed E-state index contributed by atoms with van der Waals surface area (Å²) >= 11 is 0. The number of nitrogens with zero attached hydrogens (tertiary/aromatic N) is 1. The quantitative estimate of drug-likeness (QED) is 0.778. The highest BCUT2D eigenvalue weighted by Gasteiger charge is 1.99. The Morgan fingerprint density at radius 2 is 1.52 bits per heavy atom. The molecule has 0 atom stereocenters. The van der Waals surface area contributed by atoms with Gasteiger partial charge in [0.1, 0.15) is 11.6 Å². The van der Waals surface area contributed by atoms with E-state index in [4.69, 9.17) is 4.74 Å².